The van der Waals surface area contributed by atoms with Gasteiger partial charge in [0.1, 0.15) is 30.4 Å². The molecule has 1 heterocycles. The lowest BCUT2D eigenvalue weighted by Gasteiger charge is -2.36. The first-order valence-electron chi connectivity index (χ1n) is 13.0. The highest BCUT2D eigenvalue weighted by atomic mass is 19.1. The van der Waals surface area contributed by atoms with E-state index in [0.29, 0.717) is 56.9 Å². The van der Waals surface area contributed by atoms with Crippen molar-refractivity contribution in [2.24, 2.45) is 5.73 Å². The number of nitrogens with zero attached hydrogens (tertiary/aromatic N) is 2. The summed E-state index contributed by atoms with van der Waals surface area (Å²) in [6, 6.07) is 23.0. The molecule has 2 aliphatic rings. The molecule has 198 valence electrons. The second-order valence-corrected chi connectivity index (χ2v) is 9.77. The van der Waals surface area contributed by atoms with Gasteiger partial charge in [0.2, 0.25) is 11.8 Å². The molecule has 1 aliphatic carbocycles. The Morgan fingerprint density at radius 3 is 2.26 bits per heavy atom. The molecular weight excluding hydrogens is 485 g/mol. The van der Waals surface area contributed by atoms with Crippen LogP contribution in [0.4, 0.5) is 10.1 Å². The summed E-state index contributed by atoms with van der Waals surface area (Å²) in [7, 11) is 0. The lowest BCUT2D eigenvalue weighted by Crippen LogP contribution is -2.49. The topological polar surface area (TPSA) is 85.1 Å². The van der Waals surface area contributed by atoms with Crippen LogP contribution in [0.2, 0.25) is 0 Å². The fraction of sp³-hybridized carbons (Fsp3) is 0.333. The summed E-state index contributed by atoms with van der Waals surface area (Å²) in [5, 5.41) is 0. The van der Waals surface area contributed by atoms with Gasteiger partial charge in [0.25, 0.3) is 0 Å². The SMILES string of the molecule is NC(=O)c1cccc(OC2CC(F)C2)c1CC(=O)N1CCN(c2ccc(OCc3ccccc3)cc2)CC1. The maximum atomic E-state index is 13.3. The molecule has 2 fully saturated rings. The van der Waals surface area contributed by atoms with Crippen LogP contribution in [0.5, 0.6) is 11.5 Å². The van der Waals surface area contributed by atoms with Gasteiger partial charge in [-0.15, -0.1) is 0 Å². The van der Waals surface area contributed by atoms with Crippen molar-refractivity contribution in [1.29, 1.82) is 0 Å². The Morgan fingerprint density at radius 1 is 0.895 bits per heavy atom. The zero-order valence-electron chi connectivity index (χ0n) is 21.2. The molecule has 3 aromatic rings. The van der Waals surface area contributed by atoms with E-state index in [-0.39, 0.29) is 24.0 Å². The van der Waals surface area contributed by atoms with Gasteiger partial charge in [-0.3, -0.25) is 9.59 Å². The smallest absolute Gasteiger partial charge is 0.249 e. The van der Waals surface area contributed by atoms with Crippen LogP contribution < -0.4 is 20.1 Å². The molecule has 2 N–H and O–H groups in total. The molecule has 0 unspecified atom stereocenters. The van der Waals surface area contributed by atoms with Crippen molar-refractivity contribution in [3.63, 3.8) is 0 Å². The Morgan fingerprint density at radius 2 is 1.61 bits per heavy atom. The number of primary amides is 1. The first-order valence-corrected chi connectivity index (χ1v) is 13.0. The average Bonchev–Trinajstić information content (AvgIpc) is 2.92. The molecule has 1 saturated carbocycles. The van der Waals surface area contributed by atoms with Crippen molar-refractivity contribution in [1.82, 2.24) is 4.90 Å². The lowest BCUT2D eigenvalue weighted by molar-refractivity contribution is -0.130. The minimum absolute atomic E-state index is 0.00761. The van der Waals surface area contributed by atoms with E-state index in [0.717, 1.165) is 17.0 Å². The number of carbonyl (C=O) groups excluding carboxylic acids is 2. The predicted molar refractivity (Wildman–Crippen MR) is 143 cm³/mol. The van der Waals surface area contributed by atoms with Crippen molar-refractivity contribution in [3.05, 3.63) is 89.5 Å². The minimum Gasteiger partial charge on any atom is -0.490 e. The molecule has 1 aliphatic heterocycles. The largest absolute Gasteiger partial charge is 0.490 e. The van der Waals surface area contributed by atoms with Gasteiger partial charge in [-0.25, -0.2) is 4.39 Å². The van der Waals surface area contributed by atoms with E-state index < -0.39 is 12.1 Å². The monoisotopic (exact) mass is 517 g/mol. The van der Waals surface area contributed by atoms with Crippen molar-refractivity contribution >= 4 is 17.5 Å². The number of alkyl halides is 1. The molecule has 1 saturated heterocycles. The van der Waals surface area contributed by atoms with Gasteiger partial charge in [0.05, 0.1) is 6.42 Å². The summed E-state index contributed by atoms with van der Waals surface area (Å²) in [5.74, 6) is 0.530. The Labute approximate surface area is 221 Å². The van der Waals surface area contributed by atoms with Crippen LogP contribution in [0, 0.1) is 0 Å². The summed E-state index contributed by atoms with van der Waals surface area (Å²) in [5.41, 5.74) is 8.51. The van der Waals surface area contributed by atoms with Gasteiger partial charge in [0, 0.05) is 55.8 Å². The second-order valence-electron chi connectivity index (χ2n) is 9.77. The molecule has 0 aromatic heterocycles. The molecule has 0 spiro atoms. The number of rotatable bonds is 9. The van der Waals surface area contributed by atoms with Crippen LogP contribution in [0.3, 0.4) is 0 Å². The number of piperazine rings is 1. The number of carbonyl (C=O) groups is 2. The average molecular weight is 518 g/mol. The zero-order valence-corrected chi connectivity index (χ0v) is 21.2. The Kier molecular flexibility index (Phi) is 7.77. The fourth-order valence-corrected chi connectivity index (χ4v) is 4.84. The molecule has 2 amide bonds. The molecule has 8 heteroatoms. The number of halogens is 1. The van der Waals surface area contributed by atoms with Crippen molar-refractivity contribution < 1.29 is 23.5 Å². The maximum absolute atomic E-state index is 13.3. The molecule has 0 bridgehead atoms. The first kappa shape index (κ1) is 25.6. The van der Waals surface area contributed by atoms with Gasteiger partial charge >= 0.3 is 0 Å². The predicted octanol–water partition coefficient (Wildman–Crippen LogP) is 4.14. The number of amides is 2. The number of hydrogen-bond acceptors (Lipinski definition) is 5. The summed E-state index contributed by atoms with van der Waals surface area (Å²) < 4.78 is 25.1. The van der Waals surface area contributed by atoms with Crippen LogP contribution >= 0.6 is 0 Å². The standard InChI is InChI=1S/C30H32FN3O4/c31-22-17-25(18-22)38-28-8-4-7-26(30(32)36)27(28)19-29(35)34-15-13-33(14-16-34)23-9-11-24(12-10-23)37-20-21-5-2-1-3-6-21/h1-12,22,25H,13-20H2,(H2,32,36). The summed E-state index contributed by atoms with van der Waals surface area (Å²) >= 11 is 0. The van der Waals surface area contributed by atoms with Gasteiger partial charge in [0.15, 0.2) is 0 Å². The van der Waals surface area contributed by atoms with E-state index in [1.807, 2.05) is 54.6 Å². The maximum Gasteiger partial charge on any atom is 0.249 e. The second kappa shape index (κ2) is 11.5. The molecule has 5 rings (SSSR count). The van der Waals surface area contributed by atoms with Crippen LogP contribution in [0.25, 0.3) is 0 Å². The van der Waals surface area contributed by atoms with E-state index in [1.165, 1.54) is 0 Å². The third-order valence-corrected chi connectivity index (χ3v) is 7.14. The van der Waals surface area contributed by atoms with Gasteiger partial charge in [-0.05, 0) is 42.0 Å². The fourth-order valence-electron chi connectivity index (χ4n) is 4.84. The van der Waals surface area contributed by atoms with Crippen LogP contribution in [0.1, 0.15) is 34.3 Å². The van der Waals surface area contributed by atoms with Crippen molar-refractivity contribution in [2.45, 2.75) is 38.1 Å². The van der Waals surface area contributed by atoms with E-state index in [2.05, 4.69) is 4.90 Å². The van der Waals surface area contributed by atoms with Gasteiger partial charge in [-0.2, -0.15) is 0 Å². The number of nitrogens with two attached hydrogens (primary N) is 1. The molecular formula is C30H32FN3O4. The third kappa shape index (κ3) is 6.07. The zero-order chi connectivity index (χ0) is 26.5. The highest BCUT2D eigenvalue weighted by molar-refractivity contribution is 5.96. The lowest BCUT2D eigenvalue weighted by atomic mass is 9.93. The number of anilines is 1. The van der Waals surface area contributed by atoms with Crippen LogP contribution in [-0.2, 0) is 17.8 Å². The highest BCUT2D eigenvalue weighted by Gasteiger charge is 2.32. The number of hydrogen-bond donors (Lipinski definition) is 1. The minimum atomic E-state index is -0.862. The summed E-state index contributed by atoms with van der Waals surface area (Å²) in [6.07, 6.45) is -0.473. The molecule has 0 radical (unpaired) electrons. The Hall–Kier alpha value is -4.07. The third-order valence-electron chi connectivity index (χ3n) is 7.14. The molecule has 7 nitrogen and oxygen atoms in total. The molecule has 0 atom stereocenters. The van der Waals surface area contributed by atoms with Gasteiger partial charge < -0.3 is 25.0 Å². The Bertz CT molecular complexity index is 1250. The summed E-state index contributed by atoms with van der Waals surface area (Å²) in [6.45, 7) is 3.02. The van der Waals surface area contributed by atoms with Crippen molar-refractivity contribution in [2.75, 3.05) is 31.1 Å². The van der Waals surface area contributed by atoms with Crippen LogP contribution in [0.15, 0.2) is 72.8 Å². The van der Waals surface area contributed by atoms with E-state index in [4.69, 9.17) is 15.2 Å². The number of benzene rings is 3. The number of ether oxygens (including phenoxy) is 2. The van der Waals surface area contributed by atoms with E-state index >= 15 is 0 Å². The van der Waals surface area contributed by atoms with Crippen LogP contribution in [-0.4, -0.2) is 55.2 Å². The van der Waals surface area contributed by atoms with Gasteiger partial charge in [-0.1, -0.05) is 36.4 Å². The molecule has 38 heavy (non-hydrogen) atoms. The van der Waals surface area contributed by atoms with E-state index in [1.54, 1.807) is 23.1 Å². The molecule has 3 aromatic carbocycles. The van der Waals surface area contributed by atoms with Crippen molar-refractivity contribution in [3.8, 4) is 11.5 Å². The summed E-state index contributed by atoms with van der Waals surface area (Å²) in [4.78, 5) is 29.3. The Balaban J connectivity index is 1.16. The first-order chi connectivity index (χ1) is 18.5. The normalized spacial score (nSPS) is 19.0. The quantitative estimate of drug-likeness (QED) is 0.461. The van der Waals surface area contributed by atoms with E-state index in [9.17, 15) is 14.0 Å². The highest BCUT2D eigenvalue weighted by Crippen LogP contribution is 2.32.